The Balaban J connectivity index is 0.000000540. The summed E-state index contributed by atoms with van der Waals surface area (Å²) in [6.07, 6.45) is -1.05. The van der Waals surface area contributed by atoms with E-state index in [9.17, 15) is 41.0 Å². The molecule has 57 heavy (non-hydrogen) atoms. The van der Waals surface area contributed by atoms with E-state index < -0.39 is 33.6 Å². The van der Waals surface area contributed by atoms with E-state index >= 15 is 0 Å². The SMILES string of the molecule is Cc1c(-c2ccnn2-c2ccc(C#N)cc2)n(C(=O)NC[C@@H](C)Cc2ncc(C[N+](C)(C)C)o2)c(=O)n1-c1cccc(C(F)(F)F)c1.O=S(=O)([O-])c1ccccc1. The average molecular weight is 805 g/mol. The summed E-state index contributed by atoms with van der Waals surface area (Å²) in [5.41, 5.74) is -0.188. The Bertz CT molecular complexity index is 2560. The highest BCUT2D eigenvalue weighted by atomic mass is 32.2. The Morgan fingerprint density at radius 3 is 2.30 bits per heavy atom. The van der Waals surface area contributed by atoms with Crippen LogP contribution in [0.4, 0.5) is 18.0 Å². The molecule has 6 rings (SSSR count). The van der Waals surface area contributed by atoms with Gasteiger partial charge < -0.3 is 18.8 Å². The van der Waals surface area contributed by atoms with Gasteiger partial charge in [0.15, 0.2) is 11.7 Å². The summed E-state index contributed by atoms with van der Waals surface area (Å²) in [6, 6.07) is 20.9. The van der Waals surface area contributed by atoms with Gasteiger partial charge in [-0.25, -0.2) is 32.2 Å². The number of alkyl halides is 3. The van der Waals surface area contributed by atoms with Gasteiger partial charge in [-0.2, -0.15) is 23.5 Å². The zero-order valence-electron chi connectivity index (χ0n) is 31.6. The zero-order valence-corrected chi connectivity index (χ0v) is 32.4. The van der Waals surface area contributed by atoms with Crippen molar-refractivity contribution in [3.63, 3.8) is 0 Å². The molecule has 0 bridgehead atoms. The van der Waals surface area contributed by atoms with Crippen LogP contribution < -0.4 is 11.0 Å². The van der Waals surface area contributed by atoms with Gasteiger partial charge in [0.25, 0.3) is 0 Å². The van der Waals surface area contributed by atoms with Gasteiger partial charge in [0.1, 0.15) is 22.4 Å². The summed E-state index contributed by atoms with van der Waals surface area (Å²) in [5, 5.41) is 16.4. The Morgan fingerprint density at radius 1 is 1.02 bits per heavy atom. The fourth-order valence-corrected chi connectivity index (χ4v) is 6.36. The number of hydrogen-bond acceptors (Lipinski definition) is 9. The Kier molecular flexibility index (Phi) is 12.4. The number of quaternary nitrogens is 1. The van der Waals surface area contributed by atoms with Crippen LogP contribution in [0.2, 0.25) is 0 Å². The molecule has 0 aliphatic carbocycles. The predicted octanol–water partition coefficient (Wildman–Crippen LogP) is 5.91. The number of imidazole rings is 1. The molecule has 0 unspecified atom stereocenters. The lowest BCUT2D eigenvalue weighted by molar-refractivity contribution is -0.884. The first-order chi connectivity index (χ1) is 26.8. The first kappa shape index (κ1) is 41.9. The Labute approximate surface area is 326 Å². The molecule has 0 aliphatic rings. The number of nitrogens with zero attached hydrogens (tertiary/aromatic N) is 7. The highest BCUT2D eigenvalue weighted by Crippen LogP contribution is 2.32. The van der Waals surface area contributed by atoms with Crippen molar-refractivity contribution in [2.45, 2.75) is 37.9 Å². The molecule has 1 amide bonds. The Morgan fingerprint density at radius 2 is 1.70 bits per heavy atom. The van der Waals surface area contributed by atoms with Crippen molar-refractivity contribution in [1.29, 1.82) is 5.26 Å². The molecule has 1 N–H and O–H groups in total. The number of amides is 1. The van der Waals surface area contributed by atoms with Gasteiger partial charge in [0.2, 0.25) is 0 Å². The standard InChI is InChI=1S/C33H33F3N8O3.C6H6O3S/c1-21(15-29-38-19-27(47-29)20-44(3,4)5)18-39-31(45)42-30(28-13-14-40-43(28)25-11-9-23(17-37)10-12-25)22(2)41(32(42)46)26-8-6-7-24(16-26)33(34,35)36;7-10(8,9)6-4-2-1-3-5-6/h6-14,16,19,21H,15,18,20H2,1-5H3;1-5H,(H,7,8,9)/t21-;/m0./s1. The van der Waals surface area contributed by atoms with Crippen LogP contribution >= 0.6 is 0 Å². The maximum atomic E-state index is 14.0. The number of rotatable bonds is 10. The van der Waals surface area contributed by atoms with Gasteiger partial charge in [-0.05, 0) is 73.5 Å². The van der Waals surface area contributed by atoms with E-state index in [1.807, 2.05) is 34.1 Å². The van der Waals surface area contributed by atoms with Crippen LogP contribution in [0.3, 0.4) is 0 Å². The normalized spacial score (nSPS) is 12.4. The van der Waals surface area contributed by atoms with Crippen LogP contribution in [0.25, 0.3) is 22.8 Å². The largest absolute Gasteiger partial charge is 0.744 e. The first-order valence-corrected chi connectivity index (χ1v) is 18.8. The van der Waals surface area contributed by atoms with Crippen molar-refractivity contribution in [3.05, 3.63) is 136 Å². The lowest BCUT2D eigenvalue weighted by atomic mass is 10.1. The van der Waals surface area contributed by atoms with Gasteiger partial charge in [-0.1, -0.05) is 31.2 Å². The van der Waals surface area contributed by atoms with E-state index in [-0.39, 0.29) is 34.4 Å². The third-order valence-electron chi connectivity index (χ3n) is 8.43. The second-order valence-electron chi connectivity index (χ2n) is 14.2. The van der Waals surface area contributed by atoms with Crippen LogP contribution in [-0.4, -0.2) is 75.1 Å². The number of nitrogens with one attached hydrogen (secondary N) is 1. The number of benzene rings is 3. The third-order valence-corrected chi connectivity index (χ3v) is 9.28. The maximum Gasteiger partial charge on any atom is 0.416 e. The van der Waals surface area contributed by atoms with Gasteiger partial charge in [-0.15, -0.1) is 0 Å². The van der Waals surface area contributed by atoms with Crippen molar-refractivity contribution in [2.24, 2.45) is 5.92 Å². The van der Waals surface area contributed by atoms with Crippen LogP contribution in [0.1, 0.15) is 35.4 Å². The number of halogens is 3. The molecular formula is C39H39F3N8O6S. The highest BCUT2D eigenvalue weighted by molar-refractivity contribution is 7.85. The fourth-order valence-electron chi connectivity index (χ4n) is 5.87. The highest BCUT2D eigenvalue weighted by Gasteiger charge is 2.32. The van der Waals surface area contributed by atoms with Gasteiger partial charge in [-0.3, -0.25) is 4.57 Å². The van der Waals surface area contributed by atoms with Crippen molar-refractivity contribution in [1.82, 2.24) is 29.2 Å². The van der Waals surface area contributed by atoms with Crippen LogP contribution in [0.5, 0.6) is 0 Å². The minimum absolute atomic E-state index is 0.0542. The molecule has 0 spiro atoms. The maximum absolute atomic E-state index is 14.0. The lowest BCUT2D eigenvalue weighted by Gasteiger charge is -2.21. The number of hydrogen-bond donors (Lipinski definition) is 1. The van der Waals surface area contributed by atoms with E-state index in [0.717, 1.165) is 27.0 Å². The smallest absolute Gasteiger partial charge is 0.416 e. The van der Waals surface area contributed by atoms with Crippen molar-refractivity contribution in [2.75, 3.05) is 27.7 Å². The molecule has 18 heteroatoms. The molecule has 0 fully saturated rings. The summed E-state index contributed by atoms with van der Waals surface area (Å²) in [6.45, 7) is 4.26. The van der Waals surface area contributed by atoms with E-state index in [2.05, 4.69) is 15.4 Å². The van der Waals surface area contributed by atoms with Gasteiger partial charge >= 0.3 is 17.9 Å². The molecule has 6 aromatic rings. The van der Waals surface area contributed by atoms with Gasteiger partial charge in [0.05, 0.1) is 78.4 Å². The van der Waals surface area contributed by atoms with E-state index in [0.29, 0.717) is 40.3 Å². The molecule has 3 aromatic heterocycles. The monoisotopic (exact) mass is 804 g/mol. The number of nitriles is 1. The molecule has 14 nitrogen and oxygen atoms in total. The molecule has 0 aliphatic heterocycles. The molecule has 3 aromatic carbocycles. The average Bonchev–Trinajstić information content (AvgIpc) is 3.87. The molecule has 3 heterocycles. The fraction of sp³-hybridized carbons (Fsp3) is 0.256. The number of carbonyl (C=O) groups is 1. The molecule has 1 atom stereocenters. The summed E-state index contributed by atoms with van der Waals surface area (Å²) >= 11 is 0. The molecule has 298 valence electrons. The molecule has 0 radical (unpaired) electrons. The first-order valence-electron chi connectivity index (χ1n) is 17.4. The van der Waals surface area contributed by atoms with Gasteiger partial charge in [0, 0.05) is 13.0 Å². The minimum Gasteiger partial charge on any atom is -0.744 e. The predicted molar refractivity (Wildman–Crippen MR) is 201 cm³/mol. The Hall–Kier alpha value is -6.29. The van der Waals surface area contributed by atoms with Crippen molar-refractivity contribution in [3.8, 4) is 28.8 Å². The summed E-state index contributed by atoms with van der Waals surface area (Å²) in [5.74, 6) is 1.13. The minimum atomic E-state index is -4.64. The lowest BCUT2D eigenvalue weighted by Crippen LogP contribution is -2.39. The zero-order chi connectivity index (χ0) is 41.7. The topological polar surface area (TPSA) is 181 Å². The van der Waals surface area contributed by atoms with E-state index in [1.165, 1.54) is 47.3 Å². The van der Waals surface area contributed by atoms with E-state index in [1.54, 1.807) is 49.5 Å². The number of oxazole rings is 1. The summed E-state index contributed by atoms with van der Waals surface area (Å²) in [4.78, 5) is 32.0. The van der Waals surface area contributed by atoms with Crippen molar-refractivity contribution < 1.29 is 39.8 Å². The molecule has 0 saturated heterocycles. The van der Waals surface area contributed by atoms with Crippen LogP contribution in [-0.2, 0) is 29.3 Å². The number of aromatic nitrogens is 5. The van der Waals surface area contributed by atoms with Crippen LogP contribution in [0, 0.1) is 24.2 Å². The number of carbonyl (C=O) groups excluding carboxylic acids is 1. The second kappa shape index (κ2) is 16.8. The quantitative estimate of drug-likeness (QED) is 0.130. The summed E-state index contributed by atoms with van der Waals surface area (Å²) in [7, 11) is 1.86. The second-order valence-corrected chi connectivity index (χ2v) is 15.5. The third kappa shape index (κ3) is 10.3. The van der Waals surface area contributed by atoms with Crippen LogP contribution in [0.15, 0.2) is 111 Å². The van der Waals surface area contributed by atoms with E-state index in [4.69, 9.17) is 4.42 Å². The molecular weight excluding hydrogens is 766 g/mol. The summed E-state index contributed by atoms with van der Waals surface area (Å²) < 4.78 is 81.7. The van der Waals surface area contributed by atoms with Crippen molar-refractivity contribution >= 4 is 16.1 Å². The molecule has 0 saturated carbocycles.